The number of hydrogen-bond donors (Lipinski definition) is 1. The molecule has 9 heteroatoms. The van der Waals surface area contributed by atoms with Crippen LogP contribution in [0.1, 0.15) is 45.6 Å². The second-order valence-electron chi connectivity index (χ2n) is 10.7. The number of carbonyl (C=O) groups is 3. The van der Waals surface area contributed by atoms with E-state index >= 15 is 0 Å². The lowest BCUT2D eigenvalue weighted by Gasteiger charge is -2.40. The Kier molecular flexibility index (Phi) is 8.02. The molecule has 1 aromatic carbocycles. The van der Waals surface area contributed by atoms with Gasteiger partial charge in [0.1, 0.15) is 11.6 Å². The van der Waals surface area contributed by atoms with Gasteiger partial charge < -0.3 is 24.4 Å². The van der Waals surface area contributed by atoms with Crippen LogP contribution >= 0.6 is 11.6 Å². The lowest BCUT2D eigenvalue weighted by atomic mass is 9.70. The van der Waals surface area contributed by atoms with Crippen LogP contribution in [0.3, 0.4) is 0 Å². The molecule has 3 aliphatic heterocycles. The van der Waals surface area contributed by atoms with E-state index in [-0.39, 0.29) is 37.5 Å². The number of carbonyl (C=O) groups excluding carboxylic acids is 3. The van der Waals surface area contributed by atoms with Crippen molar-refractivity contribution in [2.45, 2.75) is 70.7 Å². The number of para-hydroxylation sites is 1. The third kappa shape index (κ3) is 4.47. The molecule has 1 N–H and O–H groups in total. The molecule has 2 unspecified atom stereocenters. The molecular formula is C28H37ClN2O6. The van der Waals surface area contributed by atoms with Gasteiger partial charge in [-0.1, -0.05) is 43.7 Å². The van der Waals surface area contributed by atoms with E-state index in [0.29, 0.717) is 30.0 Å². The number of hydrogen-bond acceptors (Lipinski definition) is 6. The molecule has 0 radical (unpaired) electrons. The molecule has 0 saturated carbocycles. The van der Waals surface area contributed by atoms with Gasteiger partial charge in [0.25, 0.3) is 5.91 Å². The lowest BCUT2D eigenvalue weighted by Crippen LogP contribution is -2.59. The van der Waals surface area contributed by atoms with E-state index in [4.69, 9.17) is 21.1 Å². The highest BCUT2D eigenvalue weighted by Gasteiger charge is 2.75. The summed E-state index contributed by atoms with van der Waals surface area (Å²) in [6.45, 7) is 11.5. The van der Waals surface area contributed by atoms with Gasteiger partial charge in [0.15, 0.2) is 0 Å². The van der Waals surface area contributed by atoms with Crippen LogP contribution in [-0.2, 0) is 23.9 Å². The number of esters is 1. The zero-order chi connectivity index (χ0) is 27.1. The van der Waals surface area contributed by atoms with E-state index in [2.05, 4.69) is 6.58 Å². The van der Waals surface area contributed by atoms with Crippen LogP contribution in [0.2, 0.25) is 5.02 Å². The van der Waals surface area contributed by atoms with E-state index in [1.165, 1.54) is 4.90 Å². The number of ether oxygens (including phenoxy) is 2. The number of amides is 2. The van der Waals surface area contributed by atoms with Crippen molar-refractivity contribution in [3.63, 3.8) is 0 Å². The SMILES string of the molecule is C=CCN(C(=O)C1N([C@@H](CO)CC(C)C)C(=O)[C@@H]2[C@H](C(=O)OCC)[C@@H]3CCC12O3)c1c(C)cccc1Cl. The van der Waals surface area contributed by atoms with Crippen molar-refractivity contribution in [1.82, 2.24) is 4.90 Å². The summed E-state index contributed by atoms with van der Waals surface area (Å²) < 4.78 is 11.8. The summed E-state index contributed by atoms with van der Waals surface area (Å²) in [5, 5.41) is 10.8. The van der Waals surface area contributed by atoms with Gasteiger partial charge in [-0.2, -0.15) is 0 Å². The van der Waals surface area contributed by atoms with Gasteiger partial charge in [0, 0.05) is 6.54 Å². The Morgan fingerprint density at radius 1 is 1.41 bits per heavy atom. The molecule has 2 amide bonds. The van der Waals surface area contributed by atoms with E-state index < -0.39 is 41.6 Å². The summed E-state index contributed by atoms with van der Waals surface area (Å²) >= 11 is 6.58. The number of halogens is 1. The smallest absolute Gasteiger partial charge is 0.312 e. The van der Waals surface area contributed by atoms with Crippen molar-refractivity contribution in [2.24, 2.45) is 17.8 Å². The van der Waals surface area contributed by atoms with Crippen LogP contribution in [0.5, 0.6) is 0 Å². The highest BCUT2D eigenvalue weighted by Crippen LogP contribution is 2.59. The molecule has 3 fully saturated rings. The minimum Gasteiger partial charge on any atom is -0.466 e. The predicted octanol–water partition coefficient (Wildman–Crippen LogP) is 3.51. The Bertz CT molecular complexity index is 1060. The average molecular weight is 533 g/mol. The number of fused-ring (bicyclic) bond motifs is 1. The van der Waals surface area contributed by atoms with Crippen LogP contribution in [0.15, 0.2) is 30.9 Å². The van der Waals surface area contributed by atoms with Gasteiger partial charge in [-0.05, 0) is 50.7 Å². The summed E-state index contributed by atoms with van der Waals surface area (Å²) in [4.78, 5) is 44.8. The number of aliphatic hydroxyl groups is 1. The van der Waals surface area contributed by atoms with Gasteiger partial charge >= 0.3 is 5.97 Å². The van der Waals surface area contributed by atoms with E-state index in [9.17, 15) is 19.5 Å². The van der Waals surface area contributed by atoms with E-state index in [1.54, 1.807) is 24.0 Å². The first-order chi connectivity index (χ1) is 17.6. The fourth-order valence-electron chi connectivity index (χ4n) is 6.62. The Balaban J connectivity index is 1.86. The van der Waals surface area contributed by atoms with E-state index in [1.807, 2.05) is 32.9 Å². The van der Waals surface area contributed by atoms with Gasteiger partial charge in [-0.25, -0.2) is 0 Å². The molecule has 1 aromatic rings. The van der Waals surface area contributed by atoms with Gasteiger partial charge in [0.2, 0.25) is 5.91 Å². The quantitative estimate of drug-likeness (QED) is 0.366. The largest absolute Gasteiger partial charge is 0.466 e. The predicted molar refractivity (Wildman–Crippen MR) is 140 cm³/mol. The summed E-state index contributed by atoms with van der Waals surface area (Å²) in [5.41, 5.74) is 0.157. The molecule has 8 nitrogen and oxygen atoms in total. The first kappa shape index (κ1) is 27.6. The van der Waals surface area contributed by atoms with Crippen molar-refractivity contribution in [3.8, 4) is 0 Å². The zero-order valence-corrected chi connectivity index (χ0v) is 22.7. The minimum absolute atomic E-state index is 0.159. The Morgan fingerprint density at radius 2 is 2.14 bits per heavy atom. The van der Waals surface area contributed by atoms with Gasteiger partial charge in [0.05, 0.1) is 47.9 Å². The maximum Gasteiger partial charge on any atom is 0.312 e. The first-order valence-corrected chi connectivity index (χ1v) is 13.5. The summed E-state index contributed by atoms with van der Waals surface area (Å²) in [7, 11) is 0. The zero-order valence-electron chi connectivity index (χ0n) is 22.0. The molecule has 37 heavy (non-hydrogen) atoms. The van der Waals surface area contributed by atoms with Crippen molar-refractivity contribution < 1.29 is 29.0 Å². The van der Waals surface area contributed by atoms with Crippen LogP contribution in [0.4, 0.5) is 5.69 Å². The molecule has 2 bridgehead atoms. The maximum atomic E-state index is 14.6. The normalized spacial score (nSPS) is 28.9. The molecule has 1 spiro atoms. The third-order valence-corrected chi connectivity index (χ3v) is 8.22. The van der Waals surface area contributed by atoms with Gasteiger partial charge in [-0.15, -0.1) is 6.58 Å². The number of rotatable bonds is 10. The molecule has 202 valence electrons. The van der Waals surface area contributed by atoms with Crippen molar-refractivity contribution in [2.75, 3.05) is 24.7 Å². The fraction of sp³-hybridized carbons (Fsp3) is 0.607. The Labute approximate surface area is 223 Å². The number of aryl methyl sites for hydroxylation is 1. The number of anilines is 1. The number of nitrogens with zero attached hydrogens (tertiary/aromatic N) is 2. The molecule has 4 rings (SSSR count). The van der Waals surface area contributed by atoms with E-state index in [0.717, 1.165) is 5.56 Å². The first-order valence-electron chi connectivity index (χ1n) is 13.1. The summed E-state index contributed by atoms with van der Waals surface area (Å²) in [6, 6.07) is 3.77. The second kappa shape index (κ2) is 10.8. The topological polar surface area (TPSA) is 96.4 Å². The highest BCUT2D eigenvalue weighted by molar-refractivity contribution is 6.34. The van der Waals surface area contributed by atoms with Crippen molar-refractivity contribution in [1.29, 1.82) is 0 Å². The molecule has 0 aliphatic carbocycles. The molecule has 3 aliphatic rings. The van der Waals surface area contributed by atoms with Crippen LogP contribution in [0.25, 0.3) is 0 Å². The van der Waals surface area contributed by atoms with Crippen molar-refractivity contribution in [3.05, 3.63) is 41.4 Å². The Morgan fingerprint density at radius 3 is 2.73 bits per heavy atom. The molecule has 3 saturated heterocycles. The van der Waals surface area contributed by atoms with Gasteiger partial charge in [-0.3, -0.25) is 14.4 Å². The second-order valence-corrected chi connectivity index (χ2v) is 11.1. The molecule has 3 heterocycles. The minimum atomic E-state index is -1.19. The highest BCUT2D eigenvalue weighted by atomic mass is 35.5. The fourth-order valence-corrected chi connectivity index (χ4v) is 6.95. The lowest BCUT2D eigenvalue weighted by molar-refractivity contribution is -0.155. The number of likely N-dealkylation sites (tertiary alicyclic amines) is 1. The van der Waals surface area contributed by atoms with Crippen LogP contribution in [0, 0.1) is 24.7 Å². The number of aliphatic hydroxyl groups excluding tert-OH is 1. The summed E-state index contributed by atoms with van der Waals surface area (Å²) in [5.74, 6) is -2.65. The molecular weight excluding hydrogens is 496 g/mol. The molecule has 6 atom stereocenters. The monoisotopic (exact) mass is 532 g/mol. The summed E-state index contributed by atoms with van der Waals surface area (Å²) in [6.07, 6.45) is 2.63. The maximum absolute atomic E-state index is 14.6. The standard InChI is InChI=1S/C28H37ClN2O6/c1-6-13-30(23-17(5)9-8-10-19(23)29)26(34)24-28-12-11-20(37-28)21(27(35)36-7-2)22(28)25(33)31(24)18(15-32)14-16(3)4/h6,8-10,16,18,20-22,24,32H,1,7,11-15H2,2-5H3/t18-,20+,21-,22+,24?,28?/m1/s1. The Hall–Kier alpha value is -2.42. The third-order valence-electron chi connectivity index (χ3n) is 7.91. The number of benzene rings is 1. The van der Waals surface area contributed by atoms with Crippen molar-refractivity contribution >= 4 is 35.1 Å². The average Bonchev–Trinajstić information content (AvgIpc) is 3.49. The molecule has 0 aromatic heterocycles. The van der Waals surface area contributed by atoms with Crippen LogP contribution in [-0.4, -0.2) is 71.3 Å². The van der Waals surface area contributed by atoms with Crippen LogP contribution < -0.4 is 4.90 Å².